The maximum Gasteiger partial charge on any atom is 0.108 e. The molecule has 0 spiro atoms. The van der Waals surface area contributed by atoms with E-state index in [0.717, 1.165) is 0 Å². The van der Waals surface area contributed by atoms with Gasteiger partial charge in [-0.15, -0.1) is 0 Å². The molecule has 0 fully saturated rings. The lowest BCUT2D eigenvalue weighted by Crippen LogP contribution is -1.98. The molecule has 66 valence electrons. The minimum absolute atomic E-state index is 0.0960. The van der Waals surface area contributed by atoms with Gasteiger partial charge in [0.1, 0.15) is 6.10 Å². The van der Waals surface area contributed by atoms with E-state index in [0.29, 0.717) is 6.61 Å². The fourth-order valence-corrected chi connectivity index (χ4v) is 1.55. The first-order valence-corrected chi connectivity index (χ1v) is 4.41. The highest BCUT2D eigenvalue weighted by Gasteiger charge is 2.18. The van der Waals surface area contributed by atoms with Crippen LogP contribution in [-0.4, -0.2) is 6.61 Å². The van der Waals surface area contributed by atoms with E-state index in [1.165, 1.54) is 11.1 Å². The molecule has 0 N–H and O–H groups in total. The summed E-state index contributed by atoms with van der Waals surface area (Å²) in [5.74, 6) is 0. The molecule has 2 rings (SSSR count). The quantitative estimate of drug-likeness (QED) is 0.666. The van der Waals surface area contributed by atoms with Crippen LogP contribution in [0.4, 0.5) is 0 Å². The maximum absolute atomic E-state index is 5.58. The van der Waals surface area contributed by atoms with E-state index >= 15 is 0 Å². The average molecular weight is 172 g/mol. The number of rotatable bonds is 2. The first-order valence-electron chi connectivity index (χ1n) is 4.41. The van der Waals surface area contributed by atoms with Crippen molar-refractivity contribution < 1.29 is 4.74 Å². The molecule has 13 heavy (non-hydrogen) atoms. The Hall–Kier alpha value is -1.34. The second-order valence-electron chi connectivity index (χ2n) is 3.03. The monoisotopic (exact) mass is 172 g/mol. The van der Waals surface area contributed by atoms with Gasteiger partial charge in [-0.25, -0.2) is 0 Å². The summed E-state index contributed by atoms with van der Waals surface area (Å²) in [7, 11) is 0. The first kappa shape index (κ1) is 8.27. The predicted molar refractivity (Wildman–Crippen MR) is 53.4 cm³/mol. The van der Waals surface area contributed by atoms with Crippen molar-refractivity contribution in [2.45, 2.75) is 6.10 Å². The lowest BCUT2D eigenvalue weighted by molar-refractivity contribution is 0.125. The van der Waals surface area contributed by atoms with Crippen LogP contribution in [0.5, 0.6) is 0 Å². The third kappa shape index (κ3) is 1.56. The highest BCUT2D eigenvalue weighted by atomic mass is 16.5. The van der Waals surface area contributed by atoms with Crippen molar-refractivity contribution >= 4 is 0 Å². The van der Waals surface area contributed by atoms with Gasteiger partial charge >= 0.3 is 0 Å². The number of benzene rings is 1. The van der Waals surface area contributed by atoms with Gasteiger partial charge in [0, 0.05) is 0 Å². The molecule has 0 aromatic heterocycles. The topological polar surface area (TPSA) is 9.23 Å². The molecule has 0 saturated heterocycles. The van der Waals surface area contributed by atoms with Crippen LogP contribution in [-0.2, 0) is 4.74 Å². The van der Waals surface area contributed by atoms with Crippen LogP contribution in [0.3, 0.4) is 0 Å². The van der Waals surface area contributed by atoms with Crippen molar-refractivity contribution in [3.05, 3.63) is 60.2 Å². The third-order valence-electron chi connectivity index (χ3n) is 2.22. The molecule has 1 unspecified atom stereocenters. The van der Waals surface area contributed by atoms with Gasteiger partial charge in [0.25, 0.3) is 0 Å². The lowest BCUT2D eigenvalue weighted by Gasteiger charge is -2.11. The van der Waals surface area contributed by atoms with Crippen molar-refractivity contribution in [1.82, 2.24) is 0 Å². The summed E-state index contributed by atoms with van der Waals surface area (Å²) in [4.78, 5) is 0. The SMILES string of the molecule is C=CC1=CCOC1c1ccccc1. The van der Waals surface area contributed by atoms with Crippen molar-refractivity contribution in [3.8, 4) is 0 Å². The zero-order valence-corrected chi connectivity index (χ0v) is 7.44. The summed E-state index contributed by atoms with van der Waals surface area (Å²) >= 11 is 0. The van der Waals surface area contributed by atoms with Crippen molar-refractivity contribution in [2.24, 2.45) is 0 Å². The maximum atomic E-state index is 5.58. The van der Waals surface area contributed by atoms with E-state index in [1.54, 1.807) is 0 Å². The second-order valence-corrected chi connectivity index (χ2v) is 3.03. The van der Waals surface area contributed by atoms with Crippen LogP contribution in [0.1, 0.15) is 11.7 Å². The smallest absolute Gasteiger partial charge is 0.108 e. The molecule has 1 aliphatic heterocycles. The molecule has 1 aromatic carbocycles. The van der Waals surface area contributed by atoms with Crippen molar-refractivity contribution in [3.63, 3.8) is 0 Å². The predicted octanol–water partition coefficient (Wildman–Crippen LogP) is 2.87. The van der Waals surface area contributed by atoms with E-state index in [2.05, 4.69) is 24.8 Å². The van der Waals surface area contributed by atoms with Gasteiger partial charge in [-0.1, -0.05) is 49.1 Å². The Morgan fingerprint density at radius 3 is 2.77 bits per heavy atom. The highest BCUT2D eigenvalue weighted by Crippen LogP contribution is 2.30. The van der Waals surface area contributed by atoms with Crippen LogP contribution in [0.25, 0.3) is 0 Å². The van der Waals surface area contributed by atoms with Crippen LogP contribution < -0.4 is 0 Å². The number of hydrogen-bond acceptors (Lipinski definition) is 1. The Bertz CT molecular complexity index is 324. The Morgan fingerprint density at radius 2 is 2.08 bits per heavy atom. The zero-order chi connectivity index (χ0) is 9.10. The Labute approximate surface area is 78.3 Å². The molecule has 1 aliphatic rings. The van der Waals surface area contributed by atoms with Gasteiger partial charge in [0.05, 0.1) is 6.61 Å². The molecule has 0 aliphatic carbocycles. The Balaban J connectivity index is 2.28. The van der Waals surface area contributed by atoms with Crippen LogP contribution in [0, 0.1) is 0 Å². The summed E-state index contributed by atoms with van der Waals surface area (Å²) in [6.45, 7) is 4.47. The largest absolute Gasteiger partial charge is 0.365 e. The number of hydrogen-bond donors (Lipinski definition) is 0. The van der Waals surface area contributed by atoms with E-state index in [9.17, 15) is 0 Å². The van der Waals surface area contributed by atoms with Crippen molar-refractivity contribution in [1.29, 1.82) is 0 Å². The molecule has 1 heterocycles. The normalized spacial score (nSPS) is 21.2. The summed E-state index contributed by atoms with van der Waals surface area (Å²) < 4.78 is 5.58. The van der Waals surface area contributed by atoms with E-state index in [4.69, 9.17) is 4.74 Å². The zero-order valence-electron chi connectivity index (χ0n) is 7.44. The molecule has 0 saturated carbocycles. The summed E-state index contributed by atoms with van der Waals surface area (Å²) in [5, 5.41) is 0. The van der Waals surface area contributed by atoms with Gasteiger partial charge in [-0.3, -0.25) is 0 Å². The molecular weight excluding hydrogens is 160 g/mol. The van der Waals surface area contributed by atoms with Gasteiger partial charge in [0.2, 0.25) is 0 Å². The van der Waals surface area contributed by atoms with Crippen molar-refractivity contribution in [2.75, 3.05) is 6.61 Å². The first-order chi connectivity index (χ1) is 6.42. The van der Waals surface area contributed by atoms with Crippen LogP contribution in [0.2, 0.25) is 0 Å². The summed E-state index contributed by atoms with van der Waals surface area (Å²) in [6, 6.07) is 10.2. The van der Waals surface area contributed by atoms with E-state index in [1.807, 2.05) is 24.3 Å². The van der Waals surface area contributed by atoms with Gasteiger partial charge < -0.3 is 4.74 Å². The summed E-state index contributed by atoms with van der Waals surface area (Å²) in [5.41, 5.74) is 2.37. The third-order valence-corrected chi connectivity index (χ3v) is 2.22. The van der Waals surface area contributed by atoms with Gasteiger partial charge in [0.15, 0.2) is 0 Å². The molecular formula is C12H12O. The number of ether oxygens (including phenoxy) is 1. The lowest BCUT2D eigenvalue weighted by atomic mass is 10.0. The highest BCUT2D eigenvalue weighted by molar-refractivity contribution is 5.33. The second kappa shape index (κ2) is 3.58. The standard InChI is InChI=1S/C12H12O/c1-2-10-8-9-13-12(10)11-6-4-3-5-7-11/h2-8,12H,1,9H2. The summed E-state index contributed by atoms with van der Waals surface area (Å²) in [6.07, 6.45) is 4.04. The fourth-order valence-electron chi connectivity index (χ4n) is 1.55. The molecule has 1 aromatic rings. The van der Waals surface area contributed by atoms with E-state index < -0.39 is 0 Å². The molecule has 0 amide bonds. The van der Waals surface area contributed by atoms with Gasteiger partial charge in [-0.05, 0) is 11.1 Å². The van der Waals surface area contributed by atoms with Crippen LogP contribution in [0.15, 0.2) is 54.6 Å². The van der Waals surface area contributed by atoms with E-state index in [-0.39, 0.29) is 6.10 Å². The van der Waals surface area contributed by atoms with Gasteiger partial charge in [-0.2, -0.15) is 0 Å². The average Bonchev–Trinajstić information content (AvgIpc) is 2.67. The Morgan fingerprint density at radius 1 is 1.31 bits per heavy atom. The fraction of sp³-hybridized carbons (Fsp3) is 0.167. The minimum Gasteiger partial charge on any atom is -0.365 e. The minimum atomic E-state index is 0.0960. The molecule has 0 radical (unpaired) electrons. The molecule has 1 nitrogen and oxygen atoms in total. The van der Waals surface area contributed by atoms with Crippen LogP contribution >= 0.6 is 0 Å². The molecule has 0 bridgehead atoms. The Kier molecular flexibility index (Phi) is 2.28. The molecule has 1 heteroatoms. The molecule has 1 atom stereocenters.